The van der Waals surface area contributed by atoms with Crippen molar-refractivity contribution in [2.24, 2.45) is 0 Å². The standard InChI is InChI=1S/C16H22FN3O3/c1-23-11-7-18-14(21)13-3-2-12-4-8-19(9-10-20(12)13)15(22)16(17)5-6-16/h2-3H,4-11H2,1H3,(H,18,21). The SMILES string of the molecule is COCCNC(=O)c1ccc2n1CCN(C(=O)C1(F)CC1)CC2. The summed E-state index contributed by atoms with van der Waals surface area (Å²) in [6.07, 6.45) is 1.30. The maximum atomic E-state index is 14.0. The lowest BCUT2D eigenvalue weighted by Crippen LogP contribution is -2.40. The van der Waals surface area contributed by atoms with Crippen LogP contribution in [0.1, 0.15) is 29.0 Å². The van der Waals surface area contributed by atoms with Crippen LogP contribution in [0.25, 0.3) is 0 Å². The summed E-state index contributed by atoms with van der Waals surface area (Å²) < 4.78 is 20.8. The highest BCUT2D eigenvalue weighted by Crippen LogP contribution is 2.41. The van der Waals surface area contributed by atoms with Crippen molar-refractivity contribution in [1.82, 2.24) is 14.8 Å². The molecule has 0 bridgehead atoms. The number of carbonyl (C=O) groups is 2. The second kappa shape index (κ2) is 6.31. The van der Waals surface area contributed by atoms with Gasteiger partial charge in [-0.3, -0.25) is 9.59 Å². The predicted octanol–water partition coefficient (Wildman–Crippen LogP) is 0.751. The third-order valence-corrected chi connectivity index (χ3v) is 4.49. The van der Waals surface area contributed by atoms with E-state index in [0.29, 0.717) is 57.7 Å². The van der Waals surface area contributed by atoms with Gasteiger partial charge in [0.05, 0.1) is 6.61 Å². The molecule has 0 atom stereocenters. The van der Waals surface area contributed by atoms with Crippen LogP contribution in [0.4, 0.5) is 4.39 Å². The van der Waals surface area contributed by atoms with Crippen LogP contribution in [0.2, 0.25) is 0 Å². The Kier molecular flexibility index (Phi) is 4.39. The second-order valence-corrected chi connectivity index (χ2v) is 6.12. The lowest BCUT2D eigenvalue weighted by molar-refractivity contribution is -0.138. The molecule has 0 spiro atoms. The number of carbonyl (C=O) groups excluding carboxylic acids is 2. The number of rotatable bonds is 5. The van der Waals surface area contributed by atoms with Gasteiger partial charge in [-0.2, -0.15) is 0 Å². The van der Waals surface area contributed by atoms with Gasteiger partial charge in [0.1, 0.15) is 5.69 Å². The number of alkyl halides is 1. The van der Waals surface area contributed by atoms with Gasteiger partial charge in [0, 0.05) is 45.4 Å². The normalized spacial score (nSPS) is 19.0. The smallest absolute Gasteiger partial charge is 0.267 e. The number of halogens is 1. The van der Waals surface area contributed by atoms with Crippen molar-refractivity contribution >= 4 is 11.8 Å². The fourth-order valence-corrected chi connectivity index (χ4v) is 2.94. The van der Waals surface area contributed by atoms with E-state index < -0.39 is 11.6 Å². The Labute approximate surface area is 134 Å². The zero-order valence-corrected chi connectivity index (χ0v) is 13.3. The summed E-state index contributed by atoms with van der Waals surface area (Å²) in [4.78, 5) is 26.0. The molecule has 126 valence electrons. The third kappa shape index (κ3) is 3.24. The molecule has 1 N–H and O–H groups in total. The van der Waals surface area contributed by atoms with Crippen molar-refractivity contribution in [3.63, 3.8) is 0 Å². The lowest BCUT2D eigenvalue weighted by atomic mass is 10.2. The molecule has 6 nitrogen and oxygen atoms in total. The Morgan fingerprint density at radius 1 is 1.30 bits per heavy atom. The first kappa shape index (κ1) is 16.0. The Hall–Kier alpha value is -1.89. The van der Waals surface area contributed by atoms with Gasteiger partial charge < -0.3 is 19.5 Å². The van der Waals surface area contributed by atoms with E-state index in [1.165, 1.54) is 0 Å². The summed E-state index contributed by atoms with van der Waals surface area (Å²) in [6.45, 7) is 2.35. The Morgan fingerprint density at radius 3 is 2.78 bits per heavy atom. The van der Waals surface area contributed by atoms with E-state index in [1.54, 1.807) is 18.1 Å². The molecule has 3 rings (SSSR count). The highest BCUT2D eigenvalue weighted by Gasteiger charge is 2.52. The van der Waals surface area contributed by atoms with Crippen LogP contribution in [-0.2, 0) is 22.5 Å². The molecule has 1 fully saturated rings. The second-order valence-electron chi connectivity index (χ2n) is 6.12. The molecule has 7 heteroatoms. The van der Waals surface area contributed by atoms with Crippen molar-refractivity contribution in [1.29, 1.82) is 0 Å². The highest BCUT2D eigenvalue weighted by molar-refractivity contribution is 5.93. The maximum absolute atomic E-state index is 14.0. The molecule has 2 aliphatic rings. The molecule has 0 radical (unpaired) electrons. The minimum Gasteiger partial charge on any atom is -0.383 e. The van der Waals surface area contributed by atoms with Gasteiger partial charge in [0.25, 0.3) is 11.8 Å². The molecule has 2 amide bonds. The number of fused-ring (bicyclic) bond motifs is 1. The maximum Gasteiger partial charge on any atom is 0.267 e. The van der Waals surface area contributed by atoms with E-state index in [1.807, 2.05) is 10.6 Å². The van der Waals surface area contributed by atoms with E-state index in [4.69, 9.17) is 4.74 Å². The monoisotopic (exact) mass is 323 g/mol. The number of amides is 2. The zero-order valence-electron chi connectivity index (χ0n) is 13.3. The summed E-state index contributed by atoms with van der Waals surface area (Å²) in [5.41, 5.74) is -0.0491. The van der Waals surface area contributed by atoms with Crippen LogP contribution in [0, 0.1) is 0 Å². The first-order chi connectivity index (χ1) is 11.0. The van der Waals surface area contributed by atoms with Crippen LogP contribution in [-0.4, -0.2) is 60.3 Å². The summed E-state index contributed by atoms with van der Waals surface area (Å²) in [5.74, 6) is -0.549. The number of nitrogens with one attached hydrogen (secondary N) is 1. The molecule has 0 aromatic carbocycles. The number of aromatic nitrogens is 1. The number of nitrogens with zero attached hydrogens (tertiary/aromatic N) is 2. The predicted molar refractivity (Wildman–Crippen MR) is 82.0 cm³/mol. The minimum atomic E-state index is -1.63. The zero-order chi connectivity index (χ0) is 16.4. The molecule has 1 saturated carbocycles. The van der Waals surface area contributed by atoms with E-state index in [0.717, 1.165) is 5.69 Å². The van der Waals surface area contributed by atoms with Gasteiger partial charge in [-0.1, -0.05) is 0 Å². The molecular weight excluding hydrogens is 301 g/mol. The van der Waals surface area contributed by atoms with Crippen LogP contribution in [0.5, 0.6) is 0 Å². The van der Waals surface area contributed by atoms with Gasteiger partial charge in [0.15, 0.2) is 5.67 Å². The summed E-state index contributed by atoms with van der Waals surface area (Å²) in [5, 5.41) is 2.80. The Balaban J connectivity index is 1.66. The fraction of sp³-hybridized carbons (Fsp3) is 0.625. The average Bonchev–Trinajstić information content (AvgIpc) is 3.22. The quantitative estimate of drug-likeness (QED) is 0.814. The lowest BCUT2D eigenvalue weighted by Gasteiger charge is -2.22. The van der Waals surface area contributed by atoms with Crippen molar-refractivity contribution in [2.45, 2.75) is 31.5 Å². The van der Waals surface area contributed by atoms with E-state index >= 15 is 0 Å². The van der Waals surface area contributed by atoms with Crippen LogP contribution in [0.15, 0.2) is 12.1 Å². The summed E-state index contributed by atoms with van der Waals surface area (Å²) in [7, 11) is 1.58. The molecule has 1 aromatic rings. The minimum absolute atomic E-state index is 0.155. The van der Waals surface area contributed by atoms with Crippen LogP contribution < -0.4 is 5.32 Å². The van der Waals surface area contributed by atoms with Crippen molar-refractivity contribution in [2.75, 3.05) is 33.4 Å². The van der Waals surface area contributed by atoms with Gasteiger partial charge in [-0.15, -0.1) is 0 Å². The molecular formula is C16H22FN3O3. The first-order valence-corrected chi connectivity index (χ1v) is 7.99. The average molecular weight is 323 g/mol. The third-order valence-electron chi connectivity index (χ3n) is 4.49. The Morgan fingerprint density at radius 2 is 2.09 bits per heavy atom. The van der Waals surface area contributed by atoms with Gasteiger partial charge >= 0.3 is 0 Å². The first-order valence-electron chi connectivity index (χ1n) is 7.99. The van der Waals surface area contributed by atoms with Crippen molar-refractivity contribution in [3.8, 4) is 0 Å². The van der Waals surface area contributed by atoms with E-state index in [9.17, 15) is 14.0 Å². The van der Waals surface area contributed by atoms with Gasteiger partial charge in [-0.25, -0.2) is 4.39 Å². The molecule has 2 heterocycles. The molecule has 0 unspecified atom stereocenters. The molecule has 1 aliphatic heterocycles. The van der Waals surface area contributed by atoms with Gasteiger partial charge in [0.2, 0.25) is 0 Å². The van der Waals surface area contributed by atoms with Gasteiger partial charge in [-0.05, 0) is 25.0 Å². The Bertz CT molecular complexity index is 610. The summed E-state index contributed by atoms with van der Waals surface area (Å²) in [6, 6.07) is 3.70. The molecule has 0 saturated heterocycles. The number of ether oxygens (including phenoxy) is 1. The van der Waals surface area contributed by atoms with Crippen LogP contribution in [0.3, 0.4) is 0 Å². The van der Waals surface area contributed by atoms with Crippen molar-refractivity contribution < 1.29 is 18.7 Å². The van der Waals surface area contributed by atoms with E-state index in [2.05, 4.69) is 5.32 Å². The molecule has 23 heavy (non-hydrogen) atoms. The summed E-state index contributed by atoms with van der Waals surface area (Å²) >= 11 is 0. The van der Waals surface area contributed by atoms with Crippen molar-refractivity contribution in [3.05, 3.63) is 23.5 Å². The number of hydrogen-bond donors (Lipinski definition) is 1. The van der Waals surface area contributed by atoms with Crippen LogP contribution >= 0.6 is 0 Å². The highest BCUT2D eigenvalue weighted by atomic mass is 19.1. The fourth-order valence-electron chi connectivity index (χ4n) is 2.94. The topological polar surface area (TPSA) is 63.6 Å². The molecule has 1 aromatic heterocycles. The largest absolute Gasteiger partial charge is 0.383 e. The number of hydrogen-bond acceptors (Lipinski definition) is 3. The molecule has 1 aliphatic carbocycles. The number of methoxy groups -OCH3 is 1. The van der Waals surface area contributed by atoms with E-state index in [-0.39, 0.29) is 5.91 Å².